The SMILES string of the molecule is COc1ccc2cc([C@]3(C)CC(=O)N(OC)C3=O)ccc2c1. The van der Waals surface area contributed by atoms with Crippen molar-refractivity contribution < 1.29 is 19.2 Å². The summed E-state index contributed by atoms with van der Waals surface area (Å²) in [5, 5.41) is 2.86. The Labute approximate surface area is 128 Å². The lowest BCUT2D eigenvalue weighted by Crippen LogP contribution is -2.35. The van der Waals surface area contributed by atoms with E-state index in [-0.39, 0.29) is 18.2 Å². The summed E-state index contributed by atoms with van der Waals surface area (Å²) in [5.74, 6) is 0.141. The molecule has 0 radical (unpaired) electrons. The van der Waals surface area contributed by atoms with Crippen LogP contribution in [0.5, 0.6) is 5.75 Å². The fourth-order valence-electron chi connectivity index (χ4n) is 2.89. The van der Waals surface area contributed by atoms with Gasteiger partial charge < -0.3 is 4.74 Å². The Morgan fingerprint density at radius 3 is 2.36 bits per heavy atom. The molecular weight excluding hydrogens is 282 g/mol. The summed E-state index contributed by atoms with van der Waals surface area (Å²) in [6.45, 7) is 1.77. The number of rotatable bonds is 3. The second-order valence-corrected chi connectivity index (χ2v) is 5.61. The summed E-state index contributed by atoms with van der Waals surface area (Å²) in [6.07, 6.45) is 0.112. The Balaban J connectivity index is 2.07. The predicted octanol–water partition coefficient (Wildman–Crippen LogP) is 2.43. The highest BCUT2D eigenvalue weighted by molar-refractivity contribution is 6.08. The third kappa shape index (κ3) is 2.05. The van der Waals surface area contributed by atoms with Crippen LogP contribution in [-0.4, -0.2) is 31.1 Å². The van der Waals surface area contributed by atoms with Gasteiger partial charge in [-0.15, -0.1) is 0 Å². The van der Waals surface area contributed by atoms with Crippen LogP contribution >= 0.6 is 0 Å². The lowest BCUT2D eigenvalue weighted by atomic mass is 9.80. The van der Waals surface area contributed by atoms with E-state index >= 15 is 0 Å². The molecule has 114 valence electrons. The number of carbonyl (C=O) groups is 2. The number of imide groups is 1. The third-order valence-corrected chi connectivity index (χ3v) is 4.25. The molecule has 2 aromatic rings. The van der Waals surface area contributed by atoms with Crippen molar-refractivity contribution in [1.82, 2.24) is 5.06 Å². The van der Waals surface area contributed by atoms with Crippen molar-refractivity contribution in [1.29, 1.82) is 0 Å². The first-order valence-electron chi connectivity index (χ1n) is 6.99. The van der Waals surface area contributed by atoms with E-state index in [1.807, 2.05) is 36.4 Å². The van der Waals surface area contributed by atoms with E-state index in [0.29, 0.717) is 0 Å². The monoisotopic (exact) mass is 299 g/mol. The molecule has 0 saturated carbocycles. The lowest BCUT2D eigenvalue weighted by molar-refractivity contribution is -0.180. The highest BCUT2D eigenvalue weighted by Gasteiger charge is 2.50. The fraction of sp³-hybridized carbons (Fsp3) is 0.294. The summed E-state index contributed by atoms with van der Waals surface area (Å²) in [4.78, 5) is 29.3. The Kier molecular flexibility index (Phi) is 3.37. The third-order valence-electron chi connectivity index (χ3n) is 4.25. The number of methoxy groups -OCH3 is 1. The zero-order chi connectivity index (χ0) is 15.9. The Morgan fingerprint density at radius 2 is 1.73 bits per heavy atom. The van der Waals surface area contributed by atoms with Crippen LogP contribution < -0.4 is 4.74 Å². The lowest BCUT2D eigenvalue weighted by Gasteiger charge is -2.22. The molecule has 3 rings (SSSR count). The topological polar surface area (TPSA) is 55.8 Å². The van der Waals surface area contributed by atoms with Gasteiger partial charge in [0, 0.05) is 6.42 Å². The van der Waals surface area contributed by atoms with Gasteiger partial charge in [-0.25, -0.2) is 0 Å². The van der Waals surface area contributed by atoms with Crippen LogP contribution in [0.2, 0.25) is 0 Å². The van der Waals surface area contributed by atoms with Crippen molar-refractivity contribution in [3.8, 4) is 5.75 Å². The average Bonchev–Trinajstić information content (AvgIpc) is 2.76. The number of ether oxygens (including phenoxy) is 1. The molecule has 5 nitrogen and oxygen atoms in total. The number of fused-ring (bicyclic) bond motifs is 1. The van der Waals surface area contributed by atoms with Crippen LogP contribution in [-0.2, 0) is 19.8 Å². The van der Waals surface area contributed by atoms with Crippen molar-refractivity contribution >= 4 is 22.6 Å². The highest BCUT2D eigenvalue weighted by atomic mass is 16.7. The molecule has 0 aromatic heterocycles. The van der Waals surface area contributed by atoms with Crippen LogP contribution in [0.25, 0.3) is 10.8 Å². The standard InChI is InChI=1S/C17H17NO4/c1-17(10-15(19)18(22-3)16(17)20)13-6-4-12-9-14(21-2)7-5-11(12)8-13/h4-9H,10H2,1-3H3/t17-/m0/s1. The van der Waals surface area contributed by atoms with Gasteiger partial charge in [-0.05, 0) is 35.4 Å². The van der Waals surface area contributed by atoms with Gasteiger partial charge in [0.15, 0.2) is 0 Å². The molecule has 0 N–H and O–H groups in total. The average molecular weight is 299 g/mol. The number of hydrogen-bond acceptors (Lipinski definition) is 4. The van der Waals surface area contributed by atoms with Crippen molar-refractivity contribution in [3.05, 3.63) is 42.0 Å². The number of nitrogens with zero attached hydrogens (tertiary/aromatic N) is 1. The molecule has 2 aromatic carbocycles. The maximum absolute atomic E-state index is 12.5. The van der Waals surface area contributed by atoms with Gasteiger partial charge >= 0.3 is 0 Å². The molecule has 0 spiro atoms. The summed E-state index contributed by atoms with van der Waals surface area (Å²) < 4.78 is 5.21. The van der Waals surface area contributed by atoms with Crippen LogP contribution in [0.3, 0.4) is 0 Å². The Morgan fingerprint density at radius 1 is 1.05 bits per heavy atom. The van der Waals surface area contributed by atoms with Crippen LogP contribution in [0, 0.1) is 0 Å². The second-order valence-electron chi connectivity index (χ2n) is 5.61. The second kappa shape index (κ2) is 5.10. The predicted molar refractivity (Wildman–Crippen MR) is 81.3 cm³/mol. The molecule has 0 unspecified atom stereocenters. The molecule has 5 heteroatoms. The minimum atomic E-state index is -0.888. The first-order chi connectivity index (χ1) is 10.5. The molecular formula is C17H17NO4. The molecule has 1 heterocycles. The zero-order valence-corrected chi connectivity index (χ0v) is 12.8. The van der Waals surface area contributed by atoms with Gasteiger partial charge in [-0.2, -0.15) is 5.06 Å². The Bertz CT molecular complexity index is 770. The summed E-state index contributed by atoms with van der Waals surface area (Å²) in [5.41, 5.74) is -0.0793. The molecule has 1 aliphatic rings. The maximum Gasteiger partial charge on any atom is 0.264 e. The van der Waals surface area contributed by atoms with Crippen molar-refractivity contribution in [2.75, 3.05) is 14.2 Å². The summed E-state index contributed by atoms with van der Waals surface area (Å²) >= 11 is 0. The van der Waals surface area contributed by atoms with Crippen LogP contribution in [0.4, 0.5) is 0 Å². The van der Waals surface area contributed by atoms with Gasteiger partial charge in [-0.1, -0.05) is 24.3 Å². The van der Waals surface area contributed by atoms with Gasteiger partial charge in [0.2, 0.25) is 0 Å². The molecule has 1 saturated heterocycles. The molecule has 0 bridgehead atoms. The minimum absolute atomic E-state index is 0.112. The van der Waals surface area contributed by atoms with E-state index in [1.54, 1.807) is 14.0 Å². The fourth-order valence-corrected chi connectivity index (χ4v) is 2.89. The molecule has 1 fully saturated rings. The molecule has 1 aliphatic heterocycles. The first kappa shape index (κ1) is 14.5. The van der Waals surface area contributed by atoms with Crippen molar-refractivity contribution in [2.45, 2.75) is 18.8 Å². The van der Waals surface area contributed by atoms with Gasteiger partial charge in [0.1, 0.15) is 5.75 Å². The minimum Gasteiger partial charge on any atom is -0.497 e. The van der Waals surface area contributed by atoms with Crippen molar-refractivity contribution in [3.63, 3.8) is 0 Å². The molecule has 1 atom stereocenters. The first-order valence-corrected chi connectivity index (χ1v) is 6.99. The van der Waals surface area contributed by atoms with Crippen LogP contribution in [0.1, 0.15) is 18.9 Å². The molecule has 0 aliphatic carbocycles. The number of hydroxylamine groups is 2. The maximum atomic E-state index is 12.5. The van der Waals surface area contributed by atoms with E-state index in [1.165, 1.54) is 7.11 Å². The van der Waals surface area contributed by atoms with E-state index in [0.717, 1.165) is 27.1 Å². The van der Waals surface area contributed by atoms with E-state index < -0.39 is 5.41 Å². The van der Waals surface area contributed by atoms with E-state index in [9.17, 15) is 9.59 Å². The quantitative estimate of drug-likeness (QED) is 0.817. The van der Waals surface area contributed by atoms with Gasteiger partial charge in [0.25, 0.3) is 11.8 Å². The Hall–Kier alpha value is -2.40. The van der Waals surface area contributed by atoms with Crippen molar-refractivity contribution in [2.24, 2.45) is 0 Å². The molecule has 2 amide bonds. The summed E-state index contributed by atoms with van der Waals surface area (Å²) in [6, 6.07) is 11.5. The zero-order valence-electron chi connectivity index (χ0n) is 12.8. The number of carbonyl (C=O) groups excluding carboxylic acids is 2. The largest absolute Gasteiger partial charge is 0.497 e. The summed E-state index contributed by atoms with van der Waals surface area (Å²) in [7, 11) is 2.95. The van der Waals surface area contributed by atoms with Gasteiger partial charge in [-0.3, -0.25) is 14.4 Å². The number of benzene rings is 2. The highest BCUT2D eigenvalue weighted by Crippen LogP contribution is 2.37. The number of amides is 2. The van der Waals surface area contributed by atoms with E-state index in [2.05, 4.69) is 0 Å². The van der Waals surface area contributed by atoms with Crippen LogP contribution in [0.15, 0.2) is 36.4 Å². The normalized spacial score (nSPS) is 21.7. The molecule has 22 heavy (non-hydrogen) atoms. The number of hydrogen-bond donors (Lipinski definition) is 0. The smallest absolute Gasteiger partial charge is 0.264 e. The van der Waals surface area contributed by atoms with E-state index in [4.69, 9.17) is 9.57 Å². The van der Waals surface area contributed by atoms with Gasteiger partial charge in [0.05, 0.1) is 19.6 Å².